The van der Waals surface area contributed by atoms with Crippen LogP contribution in [0.2, 0.25) is 0 Å². The smallest absolute Gasteiger partial charge is 0.123 e. The van der Waals surface area contributed by atoms with Gasteiger partial charge in [-0.1, -0.05) is 12.1 Å². The van der Waals surface area contributed by atoms with E-state index in [2.05, 4.69) is 5.32 Å². The van der Waals surface area contributed by atoms with E-state index in [9.17, 15) is 4.39 Å². The van der Waals surface area contributed by atoms with E-state index in [0.717, 1.165) is 12.0 Å². The summed E-state index contributed by atoms with van der Waals surface area (Å²) in [5.41, 5.74) is 6.49. The Hall–Kier alpha value is -0.930. The molecule has 2 nitrogen and oxygen atoms in total. The highest BCUT2D eigenvalue weighted by molar-refractivity contribution is 5.17. The average molecular weight is 182 g/mol. The predicted octanol–water partition coefficient (Wildman–Crippen LogP) is 0.915. The van der Waals surface area contributed by atoms with Crippen LogP contribution in [0.4, 0.5) is 4.39 Å². The summed E-state index contributed by atoms with van der Waals surface area (Å²) in [4.78, 5) is 0. The van der Waals surface area contributed by atoms with E-state index >= 15 is 0 Å². The first-order valence-corrected chi connectivity index (χ1v) is 4.38. The highest BCUT2D eigenvalue weighted by atomic mass is 19.1. The first kappa shape index (κ1) is 10.2. The second-order valence-corrected chi connectivity index (χ2v) is 3.06. The Kier molecular flexibility index (Phi) is 3.86. The summed E-state index contributed by atoms with van der Waals surface area (Å²) in [6.45, 7) is 0.563. The second-order valence-electron chi connectivity index (χ2n) is 3.06. The maximum absolute atomic E-state index is 12.8. The van der Waals surface area contributed by atoms with Gasteiger partial charge in [-0.3, -0.25) is 0 Å². The molecule has 72 valence electrons. The lowest BCUT2D eigenvalue weighted by molar-refractivity contribution is 0.564. The summed E-state index contributed by atoms with van der Waals surface area (Å²) in [5.74, 6) is -0.190. The van der Waals surface area contributed by atoms with E-state index in [4.69, 9.17) is 5.73 Å². The van der Waals surface area contributed by atoms with Crippen LogP contribution in [0.5, 0.6) is 0 Å². The molecule has 0 bridgehead atoms. The summed E-state index contributed by atoms with van der Waals surface area (Å²) in [6, 6.07) is 6.83. The van der Waals surface area contributed by atoms with Gasteiger partial charge in [-0.25, -0.2) is 4.39 Å². The molecule has 0 radical (unpaired) electrons. The maximum Gasteiger partial charge on any atom is 0.123 e. The van der Waals surface area contributed by atoms with Gasteiger partial charge in [0.2, 0.25) is 0 Å². The SMILES string of the molecule is CNC(CN)Cc1cccc(F)c1. The molecule has 1 rings (SSSR count). The molecule has 13 heavy (non-hydrogen) atoms. The van der Waals surface area contributed by atoms with Crippen molar-refractivity contribution in [1.82, 2.24) is 5.32 Å². The molecule has 0 spiro atoms. The zero-order valence-electron chi connectivity index (χ0n) is 7.76. The number of halogens is 1. The lowest BCUT2D eigenvalue weighted by atomic mass is 10.1. The van der Waals surface area contributed by atoms with Gasteiger partial charge in [-0.2, -0.15) is 0 Å². The fourth-order valence-corrected chi connectivity index (χ4v) is 1.25. The molecule has 1 atom stereocenters. The van der Waals surface area contributed by atoms with Crippen LogP contribution in [0, 0.1) is 5.82 Å². The third-order valence-corrected chi connectivity index (χ3v) is 2.06. The zero-order valence-corrected chi connectivity index (χ0v) is 7.76. The molecule has 1 aromatic rings. The van der Waals surface area contributed by atoms with E-state index in [-0.39, 0.29) is 11.9 Å². The summed E-state index contributed by atoms with van der Waals surface area (Å²) in [7, 11) is 1.86. The lowest BCUT2D eigenvalue weighted by Gasteiger charge is -2.13. The van der Waals surface area contributed by atoms with Crippen molar-refractivity contribution in [3.8, 4) is 0 Å². The molecule has 0 amide bonds. The van der Waals surface area contributed by atoms with Crippen LogP contribution in [0.3, 0.4) is 0 Å². The van der Waals surface area contributed by atoms with Gasteiger partial charge < -0.3 is 11.1 Å². The number of nitrogens with two attached hydrogens (primary N) is 1. The molecule has 1 aromatic carbocycles. The average Bonchev–Trinajstić information content (AvgIpc) is 2.14. The van der Waals surface area contributed by atoms with Gasteiger partial charge in [-0.05, 0) is 31.2 Å². The number of likely N-dealkylation sites (N-methyl/N-ethyl adjacent to an activating group) is 1. The van der Waals surface area contributed by atoms with Crippen LogP contribution < -0.4 is 11.1 Å². The molecule has 1 unspecified atom stereocenters. The minimum Gasteiger partial charge on any atom is -0.329 e. The number of rotatable bonds is 4. The van der Waals surface area contributed by atoms with Crippen molar-refractivity contribution >= 4 is 0 Å². The fraction of sp³-hybridized carbons (Fsp3) is 0.400. The van der Waals surface area contributed by atoms with Crippen LogP contribution >= 0.6 is 0 Å². The number of nitrogens with one attached hydrogen (secondary N) is 1. The molecule has 0 heterocycles. The third kappa shape index (κ3) is 3.13. The van der Waals surface area contributed by atoms with Gasteiger partial charge in [0, 0.05) is 12.6 Å². The zero-order chi connectivity index (χ0) is 9.68. The lowest BCUT2D eigenvalue weighted by Crippen LogP contribution is -2.35. The van der Waals surface area contributed by atoms with Crippen LogP contribution in [-0.4, -0.2) is 19.6 Å². The van der Waals surface area contributed by atoms with Crippen LogP contribution in [-0.2, 0) is 6.42 Å². The van der Waals surface area contributed by atoms with Crippen LogP contribution in [0.25, 0.3) is 0 Å². The van der Waals surface area contributed by atoms with Crippen molar-refractivity contribution in [3.63, 3.8) is 0 Å². The Morgan fingerprint density at radius 2 is 2.31 bits per heavy atom. The molecule has 0 aliphatic heterocycles. The van der Waals surface area contributed by atoms with Crippen LogP contribution in [0.1, 0.15) is 5.56 Å². The number of benzene rings is 1. The molecule has 0 fully saturated rings. The molecule has 0 aliphatic rings. The minimum atomic E-state index is -0.190. The maximum atomic E-state index is 12.8. The molecular formula is C10H15FN2. The molecular weight excluding hydrogens is 167 g/mol. The van der Waals surface area contributed by atoms with E-state index in [1.54, 1.807) is 12.1 Å². The summed E-state index contributed by atoms with van der Waals surface area (Å²) < 4.78 is 12.8. The van der Waals surface area contributed by atoms with Crippen molar-refractivity contribution in [3.05, 3.63) is 35.6 Å². The minimum absolute atomic E-state index is 0.190. The molecule has 0 saturated heterocycles. The van der Waals surface area contributed by atoms with E-state index in [1.807, 2.05) is 13.1 Å². The van der Waals surface area contributed by atoms with Crippen molar-refractivity contribution in [2.75, 3.05) is 13.6 Å². The monoisotopic (exact) mass is 182 g/mol. The summed E-state index contributed by atoms with van der Waals surface area (Å²) in [5, 5.41) is 3.07. The Bertz CT molecular complexity index is 259. The molecule has 3 heteroatoms. The van der Waals surface area contributed by atoms with Crippen molar-refractivity contribution in [2.45, 2.75) is 12.5 Å². The first-order chi connectivity index (χ1) is 6.26. The first-order valence-electron chi connectivity index (χ1n) is 4.38. The Balaban J connectivity index is 2.62. The second kappa shape index (κ2) is 4.94. The molecule has 0 saturated carbocycles. The van der Waals surface area contributed by atoms with Gasteiger partial charge in [0.1, 0.15) is 5.82 Å². The number of hydrogen-bond acceptors (Lipinski definition) is 2. The molecule has 0 aromatic heterocycles. The van der Waals surface area contributed by atoms with E-state index in [1.165, 1.54) is 6.07 Å². The quantitative estimate of drug-likeness (QED) is 0.726. The highest BCUT2D eigenvalue weighted by Gasteiger charge is 2.04. The highest BCUT2D eigenvalue weighted by Crippen LogP contribution is 2.05. The Morgan fingerprint density at radius 1 is 1.54 bits per heavy atom. The van der Waals surface area contributed by atoms with E-state index < -0.39 is 0 Å². The van der Waals surface area contributed by atoms with Gasteiger partial charge in [0.05, 0.1) is 0 Å². The van der Waals surface area contributed by atoms with Gasteiger partial charge in [0.15, 0.2) is 0 Å². The van der Waals surface area contributed by atoms with E-state index in [0.29, 0.717) is 6.54 Å². The van der Waals surface area contributed by atoms with Gasteiger partial charge in [-0.15, -0.1) is 0 Å². The van der Waals surface area contributed by atoms with Crippen molar-refractivity contribution in [1.29, 1.82) is 0 Å². The predicted molar refractivity (Wildman–Crippen MR) is 52.0 cm³/mol. The van der Waals surface area contributed by atoms with Gasteiger partial charge in [0.25, 0.3) is 0 Å². The number of hydrogen-bond donors (Lipinski definition) is 2. The normalized spacial score (nSPS) is 12.8. The summed E-state index contributed by atoms with van der Waals surface area (Å²) in [6.07, 6.45) is 0.769. The van der Waals surface area contributed by atoms with Crippen molar-refractivity contribution < 1.29 is 4.39 Å². The fourth-order valence-electron chi connectivity index (χ4n) is 1.25. The molecule has 3 N–H and O–H groups in total. The molecule has 0 aliphatic carbocycles. The standard InChI is InChI=1S/C10H15FN2/c1-13-10(7-12)6-8-3-2-4-9(11)5-8/h2-5,10,13H,6-7,12H2,1H3. The van der Waals surface area contributed by atoms with Gasteiger partial charge >= 0.3 is 0 Å². The summed E-state index contributed by atoms with van der Waals surface area (Å²) >= 11 is 0. The van der Waals surface area contributed by atoms with Crippen molar-refractivity contribution in [2.24, 2.45) is 5.73 Å². The van der Waals surface area contributed by atoms with Crippen LogP contribution in [0.15, 0.2) is 24.3 Å². The Morgan fingerprint density at radius 3 is 2.85 bits per heavy atom. The topological polar surface area (TPSA) is 38.0 Å². The third-order valence-electron chi connectivity index (χ3n) is 2.06. The Labute approximate surface area is 77.9 Å². The largest absolute Gasteiger partial charge is 0.329 e.